The van der Waals surface area contributed by atoms with Crippen LogP contribution in [0.25, 0.3) is 21.9 Å². The summed E-state index contributed by atoms with van der Waals surface area (Å²) in [4.78, 5) is 11.6. The van der Waals surface area contributed by atoms with Crippen LogP contribution >= 0.6 is 0 Å². The molecule has 0 saturated carbocycles. The number of benzene rings is 2. The van der Waals surface area contributed by atoms with Crippen molar-refractivity contribution >= 4 is 10.8 Å². The standard InChI is InChI=1S/C15H12N2O2/c1-19-13-5-2-10(3-6-13)11-4-7-14-12(8-11)9-16-17-15(14)18/h2-9H,1H3,(H,17,18). The van der Waals surface area contributed by atoms with Gasteiger partial charge >= 0.3 is 0 Å². The summed E-state index contributed by atoms with van der Waals surface area (Å²) in [6.07, 6.45) is 1.66. The number of hydrogen-bond donors (Lipinski definition) is 1. The minimum Gasteiger partial charge on any atom is -0.497 e. The maximum atomic E-state index is 11.6. The predicted octanol–water partition coefficient (Wildman–Crippen LogP) is 2.60. The Labute approximate surface area is 109 Å². The zero-order chi connectivity index (χ0) is 13.2. The number of aromatic amines is 1. The molecule has 4 nitrogen and oxygen atoms in total. The molecule has 0 unspecified atom stereocenters. The first-order chi connectivity index (χ1) is 9.28. The maximum absolute atomic E-state index is 11.6. The van der Waals surface area contributed by atoms with Gasteiger partial charge in [0.2, 0.25) is 0 Å². The Morgan fingerprint density at radius 2 is 1.79 bits per heavy atom. The molecule has 0 fully saturated rings. The van der Waals surface area contributed by atoms with Crippen molar-refractivity contribution in [3.05, 3.63) is 59.0 Å². The molecule has 1 N–H and O–H groups in total. The van der Waals surface area contributed by atoms with Crippen molar-refractivity contribution in [2.75, 3.05) is 7.11 Å². The van der Waals surface area contributed by atoms with E-state index < -0.39 is 0 Å². The number of ether oxygens (including phenoxy) is 1. The quantitative estimate of drug-likeness (QED) is 0.762. The van der Waals surface area contributed by atoms with Crippen LogP contribution in [0.4, 0.5) is 0 Å². The molecule has 0 aliphatic rings. The lowest BCUT2D eigenvalue weighted by atomic mass is 10.0. The molecule has 1 heterocycles. The number of rotatable bonds is 2. The summed E-state index contributed by atoms with van der Waals surface area (Å²) in [5.74, 6) is 0.822. The molecular weight excluding hydrogens is 240 g/mol. The largest absolute Gasteiger partial charge is 0.497 e. The highest BCUT2D eigenvalue weighted by Gasteiger charge is 2.02. The number of nitrogens with one attached hydrogen (secondary N) is 1. The Balaban J connectivity index is 2.12. The van der Waals surface area contributed by atoms with Crippen LogP contribution in [0.1, 0.15) is 0 Å². The van der Waals surface area contributed by atoms with Gasteiger partial charge in [-0.25, -0.2) is 5.10 Å². The van der Waals surface area contributed by atoms with Crippen molar-refractivity contribution in [2.45, 2.75) is 0 Å². The molecule has 0 atom stereocenters. The van der Waals surface area contributed by atoms with Crippen molar-refractivity contribution in [3.63, 3.8) is 0 Å². The Bertz CT molecular complexity index is 776. The highest BCUT2D eigenvalue weighted by molar-refractivity contribution is 5.85. The number of methoxy groups -OCH3 is 1. The Hall–Kier alpha value is -2.62. The molecule has 0 aliphatic heterocycles. The number of H-pyrrole nitrogens is 1. The third-order valence-corrected chi connectivity index (χ3v) is 3.09. The smallest absolute Gasteiger partial charge is 0.272 e. The van der Waals surface area contributed by atoms with E-state index in [2.05, 4.69) is 10.2 Å². The van der Waals surface area contributed by atoms with Gasteiger partial charge in [0.25, 0.3) is 5.56 Å². The van der Waals surface area contributed by atoms with E-state index in [1.54, 1.807) is 13.3 Å². The molecule has 0 radical (unpaired) electrons. The SMILES string of the molecule is COc1ccc(-c2ccc3c(=O)[nH]ncc3c2)cc1. The molecule has 0 bridgehead atoms. The molecule has 94 valence electrons. The van der Waals surface area contributed by atoms with E-state index >= 15 is 0 Å². The van der Waals surface area contributed by atoms with Gasteiger partial charge in [-0.1, -0.05) is 18.2 Å². The van der Waals surface area contributed by atoms with E-state index in [0.717, 1.165) is 22.3 Å². The number of nitrogens with zero attached hydrogens (tertiary/aromatic N) is 1. The number of hydrogen-bond acceptors (Lipinski definition) is 3. The van der Waals surface area contributed by atoms with Gasteiger partial charge in [0.1, 0.15) is 5.75 Å². The minimum absolute atomic E-state index is 0.168. The van der Waals surface area contributed by atoms with Gasteiger partial charge in [-0.05, 0) is 35.4 Å². The third kappa shape index (κ3) is 2.08. The first kappa shape index (κ1) is 11.5. The molecule has 0 amide bonds. The first-order valence-electron chi connectivity index (χ1n) is 5.90. The van der Waals surface area contributed by atoms with Gasteiger partial charge in [0.15, 0.2) is 0 Å². The Morgan fingerprint density at radius 1 is 1.05 bits per heavy atom. The molecule has 0 aliphatic carbocycles. The summed E-state index contributed by atoms with van der Waals surface area (Å²) in [6, 6.07) is 13.5. The molecule has 1 aromatic heterocycles. The number of aromatic nitrogens is 2. The number of fused-ring (bicyclic) bond motifs is 1. The highest BCUT2D eigenvalue weighted by atomic mass is 16.5. The van der Waals surface area contributed by atoms with Gasteiger partial charge in [-0.2, -0.15) is 5.10 Å². The predicted molar refractivity (Wildman–Crippen MR) is 74.4 cm³/mol. The highest BCUT2D eigenvalue weighted by Crippen LogP contribution is 2.24. The fraction of sp³-hybridized carbons (Fsp3) is 0.0667. The summed E-state index contributed by atoms with van der Waals surface area (Å²) in [5.41, 5.74) is 1.95. The summed E-state index contributed by atoms with van der Waals surface area (Å²) < 4.78 is 5.14. The van der Waals surface area contributed by atoms with Crippen LogP contribution in [0.15, 0.2) is 53.5 Å². The second kappa shape index (κ2) is 4.57. The van der Waals surface area contributed by atoms with E-state index in [4.69, 9.17) is 4.74 Å². The maximum Gasteiger partial charge on any atom is 0.272 e. The van der Waals surface area contributed by atoms with Gasteiger partial charge in [-0.3, -0.25) is 4.79 Å². The molecule has 4 heteroatoms. The van der Waals surface area contributed by atoms with Crippen molar-refractivity contribution in [2.24, 2.45) is 0 Å². The topological polar surface area (TPSA) is 55.0 Å². The van der Waals surface area contributed by atoms with Gasteiger partial charge in [-0.15, -0.1) is 0 Å². The summed E-state index contributed by atoms with van der Waals surface area (Å²) in [7, 11) is 1.64. The van der Waals surface area contributed by atoms with Crippen LogP contribution in [-0.2, 0) is 0 Å². The fourth-order valence-corrected chi connectivity index (χ4v) is 2.06. The van der Waals surface area contributed by atoms with E-state index in [1.807, 2.05) is 42.5 Å². The van der Waals surface area contributed by atoms with Gasteiger partial charge in [0.05, 0.1) is 18.7 Å². The van der Waals surface area contributed by atoms with Crippen LogP contribution in [0.5, 0.6) is 5.75 Å². The summed E-state index contributed by atoms with van der Waals surface area (Å²) in [5, 5.41) is 7.72. The Kier molecular flexibility index (Phi) is 2.76. The second-order valence-electron chi connectivity index (χ2n) is 4.23. The second-order valence-corrected chi connectivity index (χ2v) is 4.23. The minimum atomic E-state index is -0.168. The monoisotopic (exact) mass is 252 g/mol. The van der Waals surface area contributed by atoms with E-state index in [9.17, 15) is 4.79 Å². The molecule has 3 rings (SSSR count). The molecule has 19 heavy (non-hydrogen) atoms. The molecular formula is C15H12N2O2. The molecule has 3 aromatic rings. The lowest BCUT2D eigenvalue weighted by Gasteiger charge is -2.05. The lowest BCUT2D eigenvalue weighted by molar-refractivity contribution is 0.415. The van der Waals surface area contributed by atoms with Crippen molar-refractivity contribution in [1.29, 1.82) is 0 Å². The average Bonchev–Trinajstić information content (AvgIpc) is 2.47. The Morgan fingerprint density at radius 3 is 2.53 bits per heavy atom. The van der Waals surface area contributed by atoms with Crippen LogP contribution in [0, 0.1) is 0 Å². The van der Waals surface area contributed by atoms with Crippen molar-refractivity contribution < 1.29 is 4.74 Å². The van der Waals surface area contributed by atoms with Crippen molar-refractivity contribution in [1.82, 2.24) is 10.2 Å². The van der Waals surface area contributed by atoms with E-state index in [0.29, 0.717) is 5.39 Å². The van der Waals surface area contributed by atoms with E-state index in [-0.39, 0.29) is 5.56 Å². The van der Waals surface area contributed by atoms with Crippen molar-refractivity contribution in [3.8, 4) is 16.9 Å². The zero-order valence-corrected chi connectivity index (χ0v) is 10.4. The van der Waals surface area contributed by atoms with Crippen LogP contribution in [-0.4, -0.2) is 17.3 Å². The first-order valence-corrected chi connectivity index (χ1v) is 5.90. The fourth-order valence-electron chi connectivity index (χ4n) is 2.06. The van der Waals surface area contributed by atoms with Gasteiger partial charge < -0.3 is 4.74 Å². The third-order valence-electron chi connectivity index (χ3n) is 3.09. The zero-order valence-electron chi connectivity index (χ0n) is 10.4. The molecule has 0 spiro atoms. The lowest BCUT2D eigenvalue weighted by Crippen LogP contribution is -2.06. The van der Waals surface area contributed by atoms with Crippen LogP contribution in [0.3, 0.4) is 0 Å². The van der Waals surface area contributed by atoms with Gasteiger partial charge in [0, 0.05) is 5.39 Å². The summed E-state index contributed by atoms with van der Waals surface area (Å²) >= 11 is 0. The average molecular weight is 252 g/mol. The molecule has 0 saturated heterocycles. The normalized spacial score (nSPS) is 10.6. The summed E-state index contributed by atoms with van der Waals surface area (Å²) in [6.45, 7) is 0. The van der Waals surface area contributed by atoms with Crippen LogP contribution < -0.4 is 10.3 Å². The van der Waals surface area contributed by atoms with Crippen LogP contribution in [0.2, 0.25) is 0 Å². The van der Waals surface area contributed by atoms with E-state index in [1.165, 1.54) is 0 Å². The molecule has 2 aromatic carbocycles.